The Hall–Kier alpha value is -3.23. The second-order valence-corrected chi connectivity index (χ2v) is 7.60. The molecule has 2 atom stereocenters. The van der Waals surface area contributed by atoms with Gasteiger partial charge >= 0.3 is 0 Å². The third-order valence-electron chi connectivity index (χ3n) is 5.15. The number of rotatable bonds is 11. The van der Waals surface area contributed by atoms with Gasteiger partial charge in [-0.2, -0.15) is 0 Å². The van der Waals surface area contributed by atoms with Gasteiger partial charge in [-0.15, -0.1) is 0 Å². The molecule has 0 unspecified atom stereocenters. The fourth-order valence-corrected chi connectivity index (χ4v) is 3.18. The summed E-state index contributed by atoms with van der Waals surface area (Å²) in [5.41, 5.74) is 5.39. The molecule has 2 aromatic carbocycles. The molecular formula is C24H31N3O5. The normalized spacial score (nSPS) is 12.5. The van der Waals surface area contributed by atoms with Crippen LogP contribution in [-0.4, -0.2) is 46.7 Å². The van der Waals surface area contributed by atoms with Crippen LogP contribution in [0.1, 0.15) is 49.0 Å². The van der Waals surface area contributed by atoms with Gasteiger partial charge < -0.3 is 15.7 Å². The van der Waals surface area contributed by atoms with Crippen LogP contribution in [0.3, 0.4) is 0 Å². The molecule has 0 fully saturated rings. The molecule has 2 rings (SSSR count). The largest absolute Gasteiger partial charge is 0.391 e. The number of nitrogens with one attached hydrogen (secondary N) is 3. The van der Waals surface area contributed by atoms with E-state index in [9.17, 15) is 19.5 Å². The number of hydroxylamine groups is 1. The van der Waals surface area contributed by atoms with E-state index < -0.39 is 24.0 Å². The average molecular weight is 442 g/mol. The van der Waals surface area contributed by atoms with E-state index in [1.165, 1.54) is 18.0 Å². The third-order valence-corrected chi connectivity index (χ3v) is 5.15. The van der Waals surface area contributed by atoms with Gasteiger partial charge in [-0.3, -0.25) is 19.6 Å². The molecule has 172 valence electrons. The Morgan fingerprint density at radius 2 is 1.53 bits per heavy atom. The van der Waals surface area contributed by atoms with Crippen molar-refractivity contribution in [3.63, 3.8) is 0 Å². The van der Waals surface area contributed by atoms with E-state index >= 15 is 0 Å². The van der Waals surface area contributed by atoms with Crippen LogP contribution < -0.4 is 16.1 Å². The second-order valence-electron chi connectivity index (χ2n) is 7.60. The van der Waals surface area contributed by atoms with Crippen LogP contribution in [0, 0.1) is 0 Å². The zero-order valence-corrected chi connectivity index (χ0v) is 18.4. The maximum absolute atomic E-state index is 12.3. The van der Waals surface area contributed by atoms with Crippen LogP contribution in [-0.2, 0) is 16.0 Å². The second kappa shape index (κ2) is 12.6. The topological polar surface area (TPSA) is 128 Å². The van der Waals surface area contributed by atoms with Gasteiger partial charge in [0.25, 0.3) is 11.8 Å². The fourth-order valence-electron chi connectivity index (χ4n) is 3.18. The van der Waals surface area contributed by atoms with Gasteiger partial charge in [0.15, 0.2) is 0 Å². The van der Waals surface area contributed by atoms with E-state index in [0.29, 0.717) is 24.9 Å². The quantitative estimate of drug-likeness (QED) is 0.207. The Morgan fingerprint density at radius 3 is 2.06 bits per heavy atom. The number of carbonyl (C=O) groups excluding carboxylic acids is 3. The van der Waals surface area contributed by atoms with Crippen molar-refractivity contribution in [2.75, 3.05) is 6.54 Å². The van der Waals surface area contributed by atoms with Crippen LogP contribution >= 0.6 is 0 Å². The monoisotopic (exact) mass is 441 g/mol. The molecule has 0 aliphatic carbocycles. The first kappa shape index (κ1) is 25.0. The highest BCUT2D eigenvalue weighted by Crippen LogP contribution is 2.20. The number of carbonyl (C=O) groups is 3. The van der Waals surface area contributed by atoms with Gasteiger partial charge in [-0.1, -0.05) is 43.3 Å². The Kier molecular flexibility index (Phi) is 9.84. The summed E-state index contributed by atoms with van der Waals surface area (Å²) in [5.74, 6) is -1.49. The Bertz CT molecular complexity index is 895. The van der Waals surface area contributed by atoms with Crippen LogP contribution in [0.25, 0.3) is 11.1 Å². The molecule has 0 radical (unpaired) electrons. The fraction of sp³-hybridized carbons (Fsp3) is 0.375. The number of aliphatic hydroxyl groups excluding tert-OH is 1. The van der Waals surface area contributed by atoms with Crippen molar-refractivity contribution in [2.45, 2.75) is 51.7 Å². The van der Waals surface area contributed by atoms with Crippen LogP contribution in [0.4, 0.5) is 0 Å². The Labute approximate surface area is 188 Å². The van der Waals surface area contributed by atoms with Crippen molar-refractivity contribution in [3.05, 3.63) is 59.7 Å². The van der Waals surface area contributed by atoms with Crippen molar-refractivity contribution >= 4 is 17.7 Å². The SMILES string of the molecule is CCc1ccc(-c2ccc(C(=O)NCCCCC(=O)N[C@H](C(=O)NO)[C@@H](C)O)cc2)cc1. The van der Waals surface area contributed by atoms with E-state index in [1.54, 1.807) is 12.1 Å². The van der Waals surface area contributed by atoms with E-state index in [0.717, 1.165) is 17.5 Å². The van der Waals surface area contributed by atoms with E-state index in [1.807, 2.05) is 12.1 Å². The molecule has 0 bridgehead atoms. The molecule has 0 aromatic heterocycles. The van der Waals surface area contributed by atoms with E-state index in [-0.39, 0.29) is 12.3 Å². The molecule has 0 saturated heterocycles. The first-order chi connectivity index (χ1) is 15.3. The lowest BCUT2D eigenvalue weighted by atomic mass is 10.0. The molecule has 0 saturated carbocycles. The minimum Gasteiger partial charge on any atom is -0.391 e. The number of hydrogen-bond acceptors (Lipinski definition) is 5. The van der Waals surface area contributed by atoms with Crippen molar-refractivity contribution in [1.82, 2.24) is 16.1 Å². The van der Waals surface area contributed by atoms with Gasteiger partial charge in [0.2, 0.25) is 5.91 Å². The van der Waals surface area contributed by atoms with Gasteiger partial charge in [-0.05, 0) is 55.0 Å². The number of benzene rings is 2. The van der Waals surface area contributed by atoms with Gasteiger partial charge in [0.1, 0.15) is 6.04 Å². The Balaban J connectivity index is 1.73. The van der Waals surface area contributed by atoms with Gasteiger partial charge in [0.05, 0.1) is 6.10 Å². The molecule has 2 aromatic rings. The number of unbranched alkanes of at least 4 members (excludes halogenated alkanes) is 1. The summed E-state index contributed by atoms with van der Waals surface area (Å²) in [6, 6.07) is 14.5. The highest BCUT2D eigenvalue weighted by Gasteiger charge is 2.24. The number of aryl methyl sites for hydroxylation is 1. The highest BCUT2D eigenvalue weighted by atomic mass is 16.5. The average Bonchev–Trinajstić information content (AvgIpc) is 2.81. The molecule has 8 nitrogen and oxygen atoms in total. The van der Waals surface area contributed by atoms with Crippen molar-refractivity contribution in [3.8, 4) is 11.1 Å². The molecule has 5 N–H and O–H groups in total. The standard InChI is InChI=1S/C24H31N3O5/c1-3-17-7-9-18(10-8-17)19-11-13-20(14-12-19)23(30)25-15-5-4-6-21(29)26-22(16(2)28)24(31)27-32/h7-14,16,22,28,32H,3-6,15H2,1-2H3,(H,25,30)(H,26,29)(H,27,31)/t16-,22+/m1/s1. The molecule has 0 aliphatic rings. The maximum Gasteiger partial charge on any atom is 0.268 e. The van der Waals surface area contributed by atoms with Crippen molar-refractivity contribution < 1.29 is 24.7 Å². The highest BCUT2D eigenvalue weighted by molar-refractivity contribution is 5.94. The Morgan fingerprint density at radius 1 is 0.938 bits per heavy atom. The van der Waals surface area contributed by atoms with Crippen LogP contribution in [0.15, 0.2) is 48.5 Å². The number of hydrogen-bond donors (Lipinski definition) is 5. The number of aliphatic hydroxyl groups is 1. The zero-order chi connectivity index (χ0) is 23.5. The molecule has 0 spiro atoms. The molecule has 8 heteroatoms. The first-order valence-corrected chi connectivity index (χ1v) is 10.7. The van der Waals surface area contributed by atoms with Crippen molar-refractivity contribution in [2.24, 2.45) is 0 Å². The minimum absolute atomic E-state index is 0.128. The minimum atomic E-state index is -1.22. The summed E-state index contributed by atoms with van der Waals surface area (Å²) in [6.07, 6.45) is 1.04. The third kappa shape index (κ3) is 7.47. The molecule has 32 heavy (non-hydrogen) atoms. The predicted octanol–water partition coefficient (Wildman–Crippen LogP) is 2.19. The number of amides is 3. The molecule has 3 amide bonds. The summed E-state index contributed by atoms with van der Waals surface area (Å²) < 4.78 is 0. The van der Waals surface area contributed by atoms with Crippen LogP contribution in [0.2, 0.25) is 0 Å². The molecule has 0 aliphatic heterocycles. The van der Waals surface area contributed by atoms with Crippen LogP contribution in [0.5, 0.6) is 0 Å². The summed E-state index contributed by atoms with van der Waals surface area (Å²) in [4.78, 5) is 35.6. The smallest absolute Gasteiger partial charge is 0.268 e. The summed E-state index contributed by atoms with van der Waals surface area (Å²) in [6.45, 7) is 3.86. The molecular weight excluding hydrogens is 410 g/mol. The van der Waals surface area contributed by atoms with E-state index in [4.69, 9.17) is 5.21 Å². The maximum atomic E-state index is 12.3. The first-order valence-electron chi connectivity index (χ1n) is 10.7. The zero-order valence-electron chi connectivity index (χ0n) is 18.4. The van der Waals surface area contributed by atoms with Gasteiger partial charge in [0, 0.05) is 18.5 Å². The summed E-state index contributed by atoms with van der Waals surface area (Å²) in [5, 5.41) is 23.4. The van der Waals surface area contributed by atoms with E-state index in [2.05, 4.69) is 41.8 Å². The predicted molar refractivity (Wildman–Crippen MR) is 121 cm³/mol. The van der Waals surface area contributed by atoms with Crippen molar-refractivity contribution in [1.29, 1.82) is 0 Å². The van der Waals surface area contributed by atoms with Gasteiger partial charge in [-0.25, -0.2) is 5.48 Å². The summed E-state index contributed by atoms with van der Waals surface area (Å²) in [7, 11) is 0. The molecule has 0 heterocycles. The summed E-state index contributed by atoms with van der Waals surface area (Å²) >= 11 is 0. The lowest BCUT2D eigenvalue weighted by molar-refractivity contribution is -0.137. The lowest BCUT2D eigenvalue weighted by Gasteiger charge is -2.19. The lowest BCUT2D eigenvalue weighted by Crippen LogP contribution is -2.51.